The smallest absolute Gasteiger partial charge is 0.340 e. The van der Waals surface area contributed by atoms with Crippen molar-refractivity contribution < 1.29 is 17.9 Å². The highest BCUT2D eigenvalue weighted by Gasteiger charge is 2.25. The van der Waals surface area contributed by atoms with E-state index in [1.54, 1.807) is 7.05 Å². The molecule has 3 N–H and O–H groups in total. The Morgan fingerprint density at radius 3 is 2.81 bits per heavy atom. The zero-order valence-electron chi connectivity index (χ0n) is 17.3. The van der Waals surface area contributed by atoms with Crippen LogP contribution in [0.5, 0.6) is 0 Å². The molecule has 0 aliphatic rings. The van der Waals surface area contributed by atoms with Crippen molar-refractivity contribution in [1.29, 1.82) is 0 Å². The van der Waals surface area contributed by atoms with Crippen molar-refractivity contribution in [2.75, 3.05) is 33.3 Å². The molecule has 0 unspecified atom stereocenters. The maximum Gasteiger partial charge on any atom is 0.340 e. The number of likely N-dealkylation sites (N-methyl/N-ethyl adjacent to an activating group) is 1. The number of terminal acetylenes is 1. The Kier molecular flexibility index (Phi) is 6.80. The molecule has 31 heavy (non-hydrogen) atoms. The molecular formula is C21H24N4O5S. The van der Waals surface area contributed by atoms with Gasteiger partial charge in [-0.15, -0.1) is 6.42 Å². The third-order valence-corrected chi connectivity index (χ3v) is 6.63. The largest absolute Gasteiger partial charge is 0.462 e. The number of H-pyrrole nitrogens is 2. The minimum Gasteiger partial charge on any atom is -0.462 e. The molecule has 0 atom stereocenters. The van der Waals surface area contributed by atoms with Gasteiger partial charge in [0.1, 0.15) is 5.52 Å². The molecule has 3 aromatic rings. The first kappa shape index (κ1) is 22.6. The summed E-state index contributed by atoms with van der Waals surface area (Å²) in [7, 11) is -2.19. The number of ether oxygens (including phenoxy) is 1. The van der Waals surface area contributed by atoms with Gasteiger partial charge in [0.2, 0.25) is 10.0 Å². The van der Waals surface area contributed by atoms with Gasteiger partial charge < -0.3 is 20.0 Å². The van der Waals surface area contributed by atoms with Gasteiger partial charge in [-0.05, 0) is 31.7 Å². The number of carbonyl (C=O) groups excluding carboxylic acids is 1. The first-order chi connectivity index (χ1) is 14.8. The molecule has 0 bridgehead atoms. The van der Waals surface area contributed by atoms with E-state index in [-0.39, 0.29) is 35.7 Å². The van der Waals surface area contributed by atoms with E-state index in [1.165, 1.54) is 28.7 Å². The lowest BCUT2D eigenvalue weighted by Gasteiger charge is -2.20. The molecule has 0 amide bonds. The second kappa shape index (κ2) is 9.34. The number of aromatic amines is 2. The van der Waals surface area contributed by atoms with Crippen molar-refractivity contribution >= 4 is 37.8 Å². The van der Waals surface area contributed by atoms with Crippen LogP contribution in [0, 0.1) is 12.3 Å². The van der Waals surface area contributed by atoms with Crippen LogP contribution in [0.2, 0.25) is 0 Å². The predicted octanol–water partition coefficient (Wildman–Crippen LogP) is 1.42. The predicted molar refractivity (Wildman–Crippen MR) is 119 cm³/mol. The Morgan fingerprint density at radius 1 is 1.35 bits per heavy atom. The molecule has 0 saturated heterocycles. The topological polar surface area (TPSA) is 124 Å². The van der Waals surface area contributed by atoms with Crippen LogP contribution in [-0.2, 0) is 14.8 Å². The second-order valence-electron chi connectivity index (χ2n) is 6.90. The molecule has 0 aliphatic heterocycles. The maximum absolute atomic E-state index is 13.2. The number of carbonyl (C=O) groups is 1. The number of hydrogen-bond donors (Lipinski definition) is 3. The molecule has 2 heterocycles. The van der Waals surface area contributed by atoms with E-state index in [0.717, 1.165) is 0 Å². The lowest BCUT2D eigenvalue weighted by Crippen LogP contribution is -2.36. The summed E-state index contributed by atoms with van der Waals surface area (Å²) < 4.78 is 32.8. The molecule has 0 spiro atoms. The summed E-state index contributed by atoms with van der Waals surface area (Å²) in [6, 6.07) is 4.35. The van der Waals surface area contributed by atoms with Gasteiger partial charge in [-0.25, -0.2) is 13.2 Å². The average Bonchev–Trinajstić information content (AvgIpc) is 3.21. The number of sulfonamides is 1. The molecule has 0 aliphatic carbocycles. The highest BCUT2D eigenvalue weighted by atomic mass is 32.2. The molecule has 1 aromatic carbocycles. The van der Waals surface area contributed by atoms with Crippen molar-refractivity contribution in [3.8, 4) is 12.3 Å². The minimum absolute atomic E-state index is 0.00813. The summed E-state index contributed by atoms with van der Waals surface area (Å²) in [4.78, 5) is 30.5. The average molecular weight is 445 g/mol. The number of benzene rings is 1. The number of aromatic nitrogens is 2. The van der Waals surface area contributed by atoms with E-state index < -0.39 is 21.6 Å². The first-order valence-corrected chi connectivity index (χ1v) is 11.2. The zero-order chi connectivity index (χ0) is 22.6. The van der Waals surface area contributed by atoms with Crippen LogP contribution < -0.4 is 10.9 Å². The fourth-order valence-electron chi connectivity index (χ4n) is 3.27. The van der Waals surface area contributed by atoms with Crippen molar-refractivity contribution in [2.45, 2.75) is 18.2 Å². The summed E-state index contributed by atoms with van der Waals surface area (Å²) in [5, 5.41) is 3.63. The molecule has 3 rings (SSSR count). The van der Waals surface area contributed by atoms with Crippen LogP contribution in [-0.4, -0.2) is 61.9 Å². The Balaban J connectivity index is 2.21. The molecule has 10 heteroatoms. The Morgan fingerprint density at radius 2 is 2.13 bits per heavy atom. The Labute approximate surface area is 179 Å². The van der Waals surface area contributed by atoms with E-state index in [9.17, 15) is 18.0 Å². The minimum atomic E-state index is -3.90. The fraction of sp³-hybridized carbons (Fsp3) is 0.333. The summed E-state index contributed by atoms with van der Waals surface area (Å²) in [6.07, 6.45) is 7.41. The highest BCUT2D eigenvalue weighted by molar-refractivity contribution is 7.89. The first-order valence-electron chi connectivity index (χ1n) is 9.77. The van der Waals surface area contributed by atoms with Crippen molar-refractivity contribution in [3.63, 3.8) is 0 Å². The third kappa shape index (κ3) is 4.34. The van der Waals surface area contributed by atoms with Gasteiger partial charge in [-0.2, -0.15) is 4.31 Å². The molecule has 0 fully saturated rings. The number of nitrogens with zero attached hydrogens (tertiary/aromatic N) is 1. The number of pyridine rings is 1. The molecule has 9 nitrogen and oxygen atoms in total. The monoisotopic (exact) mass is 444 g/mol. The molecule has 2 aromatic heterocycles. The Bertz CT molecular complexity index is 1320. The second-order valence-corrected chi connectivity index (χ2v) is 8.83. The van der Waals surface area contributed by atoms with Crippen LogP contribution in [0.4, 0.5) is 0 Å². The van der Waals surface area contributed by atoms with Crippen molar-refractivity contribution in [1.82, 2.24) is 19.6 Å². The number of fused-ring (bicyclic) bond motifs is 3. The van der Waals surface area contributed by atoms with E-state index in [1.807, 2.05) is 6.92 Å². The van der Waals surface area contributed by atoms with Crippen LogP contribution in [0.1, 0.15) is 23.7 Å². The van der Waals surface area contributed by atoms with Gasteiger partial charge in [-0.3, -0.25) is 4.79 Å². The molecule has 0 saturated carbocycles. The third-order valence-electron chi connectivity index (χ3n) is 4.79. The zero-order valence-corrected chi connectivity index (χ0v) is 18.1. The van der Waals surface area contributed by atoms with E-state index in [2.05, 4.69) is 21.2 Å². The van der Waals surface area contributed by atoms with Crippen LogP contribution in [0.15, 0.2) is 34.1 Å². The summed E-state index contributed by atoms with van der Waals surface area (Å²) in [5.74, 6) is 1.78. The standard InChI is InChI=1S/C21H24N4O5S/c1-4-9-25(10-8-22-3)31(28,29)14-6-7-17-15(12-14)18-16(21(27)30-11-5-2)13-23-19(18)20(26)24-17/h1,6-7,12-13,22-23H,5,8-11H2,2-3H3,(H,24,26). The molecule has 164 valence electrons. The van der Waals surface area contributed by atoms with Gasteiger partial charge in [0.25, 0.3) is 5.56 Å². The maximum atomic E-state index is 13.2. The van der Waals surface area contributed by atoms with Crippen LogP contribution >= 0.6 is 0 Å². The van der Waals surface area contributed by atoms with Gasteiger partial charge in [-0.1, -0.05) is 12.8 Å². The number of nitrogens with one attached hydrogen (secondary N) is 3. The Hall–Kier alpha value is -3.13. The molecule has 0 radical (unpaired) electrons. The number of rotatable bonds is 9. The van der Waals surface area contributed by atoms with Crippen LogP contribution in [0.3, 0.4) is 0 Å². The number of hydrogen-bond acceptors (Lipinski definition) is 6. The van der Waals surface area contributed by atoms with E-state index in [0.29, 0.717) is 29.3 Å². The fourth-order valence-corrected chi connectivity index (χ4v) is 4.65. The summed E-state index contributed by atoms with van der Waals surface area (Å²) in [5.41, 5.74) is 0.320. The van der Waals surface area contributed by atoms with Gasteiger partial charge in [0, 0.05) is 35.6 Å². The lowest BCUT2D eigenvalue weighted by molar-refractivity contribution is 0.0507. The SMILES string of the molecule is C#CCN(CCNC)S(=O)(=O)c1ccc2[nH]c(=O)c3[nH]cc(C(=O)OCCC)c3c2c1. The van der Waals surface area contributed by atoms with E-state index in [4.69, 9.17) is 11.2 Å². The number of esters is 1. The summed E-state index contributed by atoms with van der Waals surface area (Å²) in [6.45, 7) is 2.65. The van der Waals surface area contributed by atoms with Gasteiger partial charge >= 0.3 is 5.97 Å². The lowest BCUT2D eigenvalue weighted by atomic mass is 10.1. The normalized spacial score (nSPS) is 11.8. The van der Waals surface area contributed by atoms with Crippen LogP contribution in [0.25, 0.3) is 21.8 Å². The quantitative estimate of drug-likeness (QED) is 0.339. The summed E-state index contributed by atoms with van der Waals surface area (Å²) >= 11 is 0. The van der Waals surface area contributed by atoms with Crippen molar-refractivity contribution in [3.05, 3.63) is 40.3 Å². The van der Waals surface area contributed by atoms with Crippen molar-refractivity contribution in [2.24, 2.45) is 0 Å². The highest BCUT2D eigenvalue weighted by Crippen LogP contribution is 2.28. The molecular weight excluding hydrogens is 420 g/mol. The van der Waals surface area contributed by atoms with E-state index >= 15 is 0 Å². The van der Waals surface area contributed by atoms with Gasteiger partial charge in [0.15, 0.2) is 0 Å². The van der Waals surface area contributed by atoms with Gasteiger partial charge in [0.05, 0.1) is 23.6 Å².